The van der Waals surface area contributed by atoms with Gasteiger partial charge in [0, 0.05) is 20.1 Å². The molecule has 4 heteroatoms. The minimum atomic E-state index is -0.773. The maximum Gasteiger partial charge on any atom is 0.323 e. The number of hydrogen-bond donors (Lipinski definition) is 1. The van der Waals surface area contributed by atoms with Crippen LogP contribution in [-0.4, -0.2) is 37.8 Å². The molecule has 1 aliphatic heterocycles. The number of anilines is 2. The maximum atomic E-state index is 11.0. The number of rotatable bonds is 2. The summed E-state index contributed by atoms with van der Waals surface area (Å²) in [5.74, 6) is -0.773. The number of aryl methyl sites for hydroxylation is 2. The molecule has 0 amide bonds. The van der Waals surface area contributed by atoms with E-state index >= 15 is 0 Å². The van der Waals surface area contributed by atoms with Crippen LogP contribution in [0.15, 0.2) is 12.1 Å². The third-order valence-corrected chi connectivity index (χ3v) is 3.39. The predicted octanol–water partition coefficient (Wildman–Crippen LogP) is 2.03. The van der Waals surface area contributed by atoms with Crippen LogP contribution in [0.5, 0.6) is 0 Å². The smallest absolute Gasteiger partial charge is 0.323 e. The summed E-state index contributed by atoms with van der Waals surface area (Å²) in [5, 5.41) is 9.03. The molecule has 1 aliphatic rings. The standard InChI is InChI=1S/C14H20N2O2/c1-10-7-11(2)14-12(8-10)16(9-13(17)18)6-4-5-15(14)3/h7-8H,4-6,9H2,1-3H3,(H,17,18). The van der Waals surface area contributed by atoms with Crippen molar-refractivity contribution in [1.29, 1.82) is 0 Å². The van der Waals surface area contributed by atoms with Crippen molar-refractivity contribution in [1.82, 2.24) is 0 Å². The highest BCUT2D eigenvalue weighted by molar-refractivity contribution is 5.81. The fourth-order valence-electron chi connectivity index (χ4n) is 2.73. The third kappa shape index (κ3) is 2.42. The molecule has 0 bridgehead atoms. The summed E-state index contributed by atoms with van der Waals surface area (Å²) in [6.07, 6.45) is 0.983. The second-order valence-corrected chi connectivity index (χ2v) is 5.04. The monoisotopic (exact) mass is 248 g/mol. The third-order valence-electron chi connectivity index (χ3n) is 3.39. The molecule has 0 saturated carbocycles. The maximum absolute atomic E-state index is 11.0. The van der Waals surface area contributed by atoms with E-state index < -0.39 is 5.97 Å². The van der Waals surface area contributed by atoms with Gasteiger partial charge in [0.1, 0.15) is 6.54 Å². The second-order valence-electron chi connectivity index (χ2n) is 5.04. The Morgan fingerprint density at radius 1 is 1.33 bits per heavy atom. The van der Waals surface area contributed by atoms with Crippen LogP contribution in [0.1, 0.15) is 17.5 Å². The Kier molecular flexibility index (Phi) is 3.45. The van der Waals surface area contributed by atoms with E-state index in [1.54, 1.807) is 0 Å². The molecule has 0 spiro atoms. The van der Waals surface area contributed by atoms with Gasteiger partial charge in [-0.05, 0) is 37.5 Å². The first-order chi connectivity index (χ1) is 8.49. The molecule has 1 aromatic carbocycles. The van der Waals surface area contributed by atoms with Crippen molar-refractivity contribution in [3.8, 4) is 0 Å². The molecule has 2 rings (SSSR count). The van der Waals surface area contributed by atoms with Gasteiger partial charge in [-0.2, -0.15) is 0 Å². The minimum absolute atomic E-state index is 0.0731. The average molecular weight is 248 g/mol. The number of carboxylic acid groups (broad SMARTS) is 1. The number of benzene rings is 1. The summed E-state index contributed by atoms with van der Waals surface area (Å²) >= 11 is 0. The Morgan fingerprint density at radius 3 is 2.72 bits per heavy atom. The minimum Gasteiger partial charge on any atom is -0.480 e. The summed E-state index contributed by atoms with van der Waals surface area (Å²) < 4.78 is 0. The Morgan fingerprint density at radius 2 is 2.06 bits per heavy atom. The van der Waals surface area contributed by atoms with E-state index in [4.69, 9.17) is 5.11 Å². The van der Waals surface area contributed by atoms with Crippen molar-refractivity contribution in [2.75, 3.05) is 36.5 Å². The van der Waals surface area contributed by atoms with E-state index in [1.807, 2.05) is 4.90 Å². The highest BCUT2D eigenvalue weighted by atomic mass is 16.4. The van der Waals surface area contributed by atoms with Gasteiger partial charge < -0.3 is 14.9 Å². The van der Waals surface area contributed by atoms with E-state index in [0.29, 0.717) is 0 Å². The van der Waals surface area contributed by atoms with Crippen molar-refractivity contribution in [2.45, 2.75) is 20.3 Å². The first-order valence-corrected chi connectivity index (χ1v) is 6.28. The summed E-state index contributed by atoms with van der Waals surface area (Å²) in [6, 6.07) is 4.24. The van der Waals surface area contributed by atoms with Gasteiger partial charge in [-0.3, -0.25) is 4.79 Å². The van der Waals surface area contributed by atoms with E-state index in [-0.39, 0.29) is 6.54 Å². The van der Waals surface area contributed by atoms with Crippen molar-refractivity contribution < 1.29 is 9.90 Å². The Hall–Kier alpha value is -1.71. The molecule has 0 radical (unpaired) electrons. The molecule has 1 heterocycles. The largest absolute Gasteiger partial charge is 0.480 e. The summed E-state index contributed by atoms with van der Waals surface area (Å²) in [5.41, 5.74) is 4.61. The van der Waals surface area contributed by atoms with Gasteiger partial charge in [0.05, 0.1) is 11.4 Å². The van der Waals surface area contributed by atoms with Crippen molar-refractivity contribution >= 4 is 17.3 Å². The van der Waals surface area contributed by atoms with Crippen LogP contribution in [0.4, 0.5) is 11.4 Å². The molecular weight excluding hydrogens is 228 g/mol. The lowest BCUT2D eigenvalue weighted by Gasteiger charge is -2.26. The molecule has 4 nitrogen and oxygen atoms in total. The Labute approximate surface area is 108 Å². The highest BCUT2D eigenvalue weighted by Gasteiger charge is 2.21. The molecule has 1 aromatic rings. The molecular formula is C14H20N2O2. The predicted molar refractivity (Wildman–Crippen MR) is 73.7 cm³/mol. The quantitative estimate of drug-likeness (QED) is 0.869. The molecule has 0 aliphatic carbocycles. The lowest BCUT2D eigenvalue weighted by molar-refractivity contribution is -0.135. The van der Waals surface area contributed by atoms with Crippen LogP contribution in [0.25, 0.3) is 0 Å². The highest BCUT2D eigenvalue weighted by Crippen LogP contribution is 2.35. The molecule has 1 N–H and O–H groups in total. The van der Waals surface area contributed by atoms with Gasteiger partial charge in [0.25, 0.3) is 0 Å². The SMILES string of the molecule is Cc1cc(C)c2c(c1)N(CC(=O)O)CCCN2C. The van der Waals surface area contributed by atoms with Crippen LogP contribution in [0.2, 0.25) is 0 Å². The van der Waals surface area contributed by atoms with Crippen LogP contribution in [-0.2, 0) is 4.79 Å². The molecule has 0 atom stereocenters. The number of carboxylic acids is 1. The van der Waals surface area contributed by atoms with Crippen LogP contribution in [0.3, 0.4) is 0 Å². The second kappa shape index (κ2) is 4.88. The molecule has 18 heavy (non-hydrogen) atoms. The Bertz CT molecular complexity index is 471. The lowest BCUT2D eigenvalue weighted by Crippen LogP contribution is -2.30. The molecule has 0 unspecified atom stereocenters. The first kappa shape index (κ1) is 12.7. The van der Waals surface area contributed by atoms with Gasteiger partial charge in [0.2, 0.25) is 0 Å². The molecule has 98 valence electrons. The summed E-state index contributed by atoms with van der Waals surface area (Å²) in [4.78, 5) is 15.2. The number of fused-ring (bicyclic) bond motifs is 1. The zero-order chi connectivity index (χ0) is 13.3. The number of nitrogens with zero attached hydrogens (tertiary/aromatic N) is 2. The summed E-state index contributed by atoms with van der Waals surface area (Å²) in [6.45, 7) is 5.98. The summed E-state index contributed by atoms with van der Waals surface area (Å²) in [7, 11) is 2.07. The zero-order valence-corrected chi connectivity index (χ0v) is 11.2. The van der Waals surface area contributed by atoms with Gasteiger partial charge in [-0.25, -0.2) is 0 Å². The van der Waals surface area contributed by atoms with Crippen molar-refractivity contribution in [2.24, 2.45) is 0 Å². The van der Waals surface area contributed by atoms with E-state index in [2.05, 4.69) is 37.9 Å². The molecule has 0 aromatic heterocycles. The topological polar surface area (TPSA) is 43.8 Å². The number of carbonyl (C=O) groups is 1. The number of hydrogen-bond acceptors (Lipinski definition) is 3. The van der Waals surface area contributed by atoms with Gasteiger partial charge >= 0.3 is 5.97 Å². The average Bonchev–Trinajstić information content (AvgIpc) is 2.38. The van der Waals surface area contributed by atoms with Gasteiger partial charge in [0.15, 0.2) is 0 Å². The fraction of sp³-hybridized carbons (Fsp3) is 0.500. The van der Waals surface area contributed by atoms with E-state index in [1.165, 1.54) is 16.8 Å². The van der Waals surface area contributed by atoms with Crippen LogP contribution >= 0.6 is 0 Å². The van der Waals surface area contributed by atoms with E-state index in [0.717, 1.165) is 25.2 Å². The van der Waals surface area contributed by atoms with Crippen LogP contribution in [0, 0.1) is 13.8 Å². The first-order valence-electron chi connectivity index (χ1n) is 6.28. The number of aliphatic carboxylic acids is 1. The fourth-order valence-corrected chi connectivity index (χ4v) is 2.73. The van der Waals surface area contributed by atoms with Crippen LogP contribution < -0.4 is 9.80 Å². The molecule has 0 fully saturated rings. The normalized spacial score (nSPS) is 15.3. The lowest BCUT2D eigenvalue weighted by atomic mass is 10.1. The Balaban J connectivity index is 2.50. The van der Waals surface area contributed by atoms with Crippen molar-refractivity contribution in [3.05, 3.63) is 23.3 Å². The zero-order valence-electron chi connectivity index (χ0n) is 11.2. The molecule has 0 saturated heterocycles. The van der Waals surface area contributed by atoms with Crippen molar-refractivity contribution in [3.63, 3.8) is 0 Å². The van der Waals surface area contributed by atoms with E-state index in [9.17, 15) is 4.79 Å². The van der Waals surface area contributed by atoms with Gasteiger partial charge in [-0.15, -0.1) is 0 Å². The van der Waals surface area contributed by atoms with Gasteiger partial charge in [-0.1, -0.05) is 6.07 Å².